The number of hydrogen-bond donors (Lipinski definition) is 1. The molecule has 0 radical (unpaired) electrons. The van der Waals surface area contributed by atoms with E-state index in [2.05, 4.69) is 37.9 Å². The van der Waals surface area contributed by atoms with Gasteiger partial charge in [-0.15, -0.1) is 0 Å². The van der Waals surface area contributed by atoms with E-state index in [9.17, 15) is 0 Å². The Bertz CT molecular complexity index is 205. The summed E-state index contributed by atoms with van der Waals surface area (Å²) in [5, 5.41) is 3.61. The van der Waals surface area contributed by atoms with Crippen LogP contribution in [-0.4, -0.2) is 37.6 Å². The van der Waals surface area contributed by atoms with Crippen LogP contribution in [0.4, 0.5) is 0 Å². The molecule has 1 fully saturated rings. The summed E-state index contributed by atoms with van der Waals surface area (Å²) in [4.78, 5) is 2.70. The smallest absolute Gasteiger partial charge is 0.00500 e. The quantitative estimate of drug-likeness (QED) is 0.713. The van der Waals surface area contributed by atoms with Crippen molar-refractivity contribution in [2.75, 3.05) is 32.7 Å². The predicted octanol–water partition coefficient (Wildman–Crippen LogP) is 3.52. The normalized spacial score (nSPS) is 25.0. The van der Waals surface area contributed by atoms with Gasteiger partial charge in [-0.2, -0.15) is 0 Å². The van der Waals surface area contributed by atoms with E-state index in [4.69, 9.17) is 0 Å². The lowest BCUT2D eigenvalue weighted by Crippen LogP contribution is -2.48. The Kier molecular flexibility index (Phi) is 7.25. The molecule has 1 N–H and O–H groups in total. The summed E-state index contributed by atoms with van der Waals surface area (Å²) in [6.45, 7) is 15.6. The monoisotopic (exact) mass is 254 g/mol. The molecular formula is C16H34N2. The zero-order chi connectivity index (χ0) is 13.4. The maximum absolute atomic E-state index is 3.61. The van der Waals surface area contributed by atoms with Crippen LogP contribution >= 0.6 is 0 Å². The number of hydrogen-bond acceptors (Lipinski definition) is 2. The molecule has 0 aromatic carbocycles. The minimum Gasteiger partial charge on any atom is -0.316 e. The molecule has 2 nitrogen and oxygen atoms in total. The highest BCUT2D eigenvalue weighted by Crippen LogP contribution is 2.31. The highest BCUT2D eigenvalue weighted by molar-refractivity contribution is 4.87. The summed E-state index contributed by atoms with van der Waals surface area (Å²) >= 11 is 0. The number of nitrogens with one attached hydrogen (secondary N) is 1. The molecule has 1 aliphatic rings. The molecule has 0 bridgehead atoms. The molecule has 0 spiro atoms. The van der Waals surface area contributed by atoms with Crippen LogP contribution in [0.15, 0.2) is 0 Å². The van der Waals surface area contributed by atoms with Crippen molar-refractivity contribution in [1.82, 2.24) is 10.2 Å². The van der Waals surface area contributed by atoms with E-state index < -0.39 is 0 Å². The van der Waals surface area contributed by atoms with E-state index in [-0.39, 0.29) is 0 Å². The summed E-state index contributed by atoms with van der Waals surface area (Å²) in [5.41, 5.74) is 0.542. The Morgan fingerprint density at radius 2 is 1.89 bits per heavy atom. The highest BCUT2D eigenvalue weighted by atomic mass is 15.1. The summed E-state index contributed by atoms with van der Waals surface area (Å²) in [6.07, 6.45) is 6.74. The predicted molar refractivity (Wildman–Crippen MR) is 81.0 cm³/mol. The van der Waals surface area contributed by atoms with Crippen molar-refractivity contribution in [3.05, 3.63) is 0 Å². The van der Waals surface area contributed by atoms with Crippen LogP contribution in [0.2, 0.25) is 0 Å². The number of rotatable bonds is 8. The van der Waals surface area contributed by atoms with E-state index in [0.29, 0.717) is 5.41 Å². The third-order valence-corrected chi connectivity index (χ3v) is 4.99. The fourth-order valence-electron chi connectivity index (χ4n) is 3.27. The lowest BCUT2D eigenvalue weighted by molar-refractivity contribution is 0.102. The van der Waals surface area contributed by atoms with Crippen molar-refractivity contribution >= 4 is 0 Å². The minimum absolute atomic E-state index is 0.542. The molecule has 0 aromatic rings. The van der Waals surface area contributed by atoms with Gasteiger partial charge in [0.1, 0.15) is 0 Å². The topological polar surface area (TPSA) is 15.3 Å². The van der Waals surface area contributed by atoms with Gasteiger partial charge in [0.2, 0.25) is 0 Å². The molecule has 1 aliphatic heterocycles. The van der Waals surface area contributed by atoms with E-state index in [0.717, 1.165) is 5.92 Å². The van der Waals surface area contributed by atoms with Gasteiger partial charge in [-0.3, -0.25) is 0 Å². The summed E-state index contributed by atoms with van der Waals surface area (Å²) in [7, 11) is 0. The second kappa shape index (κ2) is 8.16. The van der Waals surface area contributed by atoms with Gasteiger partial charge in [-0.25, -0.2) is 0 Å². The van der Waals surface area contributed by atoms with E-state index in [1.807, 2.05) is 0 Å². The number of nitrogens with zero attached hydrogens (tertiary/aromatic N) is 1. The Labute approximate surface area is 115 Å². The van der Waals surface area contributed by atoms with Crippen molar-refractivity contribution in [3.8, 4) is 0 Å². The number of piperidine rings is 1. The molecule has 2 heteroatoms. The molecule has 0 saturated carbocycles. The lowest BCUT2D eigenvalue weighted by Gasteiger charge is -2.41. The molecular weight excluding hydrogens is 220 g/mol. The van der Waals surface area contributed by atoms with Gasteiger partial charge in [0.05, 0.1) is 0 Å². The third-order valence-electron chi connectivity index (χ3n) is 4.99. The summed E-state index contributed by atoms with van der Waals surface area (Å²) in [5.74, 6) is 0.885. The minimum atomic E-state index is 0.542. The van der Waals surface area contributed by atoms with Crippen LogP contribution in [0.3, 0.4) is 0 Å². The second-order valence-electron chi connectivity index (χ2n) is 6.14. The molecule has 108 valence electrons. The van der Waals surface area contributed by atoms with Crippen LogP contribution in [-0.2, 0) is 0 Å². The molecule has 18 heavy (non-hydrogen) atoms. The van der Waals surface area contributed by atoms with Crippen molar-refractivity contribution in [2.24, 2.45) is 11.3 Å². The molecule has 1 saturated heterocycles. The Hall–Kier alpha value is -0.0800. The van der Waals surface area contributed by atoms with Crippen molar-refractivity contribution in [2.45, 2.75) is 59.8 Å². The zero-order valence-electron chi connectivity index (χ0n) is 13.1. The van der Waals surface area contributed by atoms with Crippen molar-refractivity contribution < 1.29 is 0 Å². The van der Waals surface area contributed by atoms with Gasteiger partial charge in [0.25, 0.3) is 0 Å². The van der Waals surface area contributed by atoms with Gasteiger partial charge in [0.15, 0.2) is 0 Å². The zero-order valence-corrected chi connectivity index (χ0v) is 13.1. The lowest BCUT2D eigenvalue weighted by atomic mass is 9.77. The highest BCUT2D eigenvalue weighted by Gasteiger charge is 2.32. The third kappa shape index (κ3) is 4.55. The van der Waals surface area contributed by atoms with Crippen LogP contribution in [0.5, 0.6) is 0 Å². The van der Waals surface area contributed by atoms with Gasteiger partial charge < -0.3 is 10.2 Å². The molecule has 1 unspecified atom stereocenters. The van der Waals surface area contributed by atoms with Crippen molar-refractivity contribution in [1.29, 1.82) is 0 Å². The Balaban J connectivity index is 2.53. The fraction of sp³-hybridized carbons (Fsp3) is 1.00. The maximum Gasteiger partial charge on any atom is 0.00500 e. The maximum atomic E-state index is 3.61. The molecule has 1 rings (SSSR count). The molecule has 0 aromatic heterocycles. The van der Waals surface area contributed by atoms with Gasteiger partial charge in [0, 0.05) is 19.6 Å². The molecule has 1 atom stereocenters. The largest absolute Gasteiger partial charge is 0.316 e. The summed E-state index contributed by atoms with van der Waals surface area (Å²) in [6, 6.07) is 0. The van der Waals surface area contributed by atoms with Crippen LogP contribution in [0.25, 0.3) is 0 Å². The van der Waals surface area contributed by atoms with Gasteiger partial charge in [-0.1, -0.05) is 40.5 Å². The Morgan fingerprint density at radius 3 is 2.33 bits per heavy atom. The van der Waals surface area contributed by atoms with E-state index in [1.54, 1.807) is 0 Å². The van der Waals surface area contributed by atoms with Crippen molar-refractivity contribution in [3.63, 3.8) is 0 Å². The first-order valence-corrected chi connectivity index (χ1v) is 8.12. The Morgan fingerprint density at radius 1 is 1.17 bits per heavy atom. The first kappa shape index (κ1) is 16.0. The summed E-state index contributed by atoms with van der Waals surface area (Å²) < 4.78 is 0. The standard InChI is InChI=1S/C16H34N2/c1-5-15(6-2)12-18(8-4)14-16(7-3)10-9-11-17-13-16/h15,17H,5-14H2,1-4H3. The van der Waals surface area contributed by atoms with Gasteiger partial charge >= 0.3 is 0 Å². The van der Waals surface area contributed by atoms with Crippen LogP contribution < -0.4 is 5.32 Å². The van der Waals surface area contributed by atoms with Crippen LogP contribution in [0, 0.1) is 11.3 Å². The molecule has 0 amide bonds. The average Bonchev–Trinajstić information content (AvgIpc) is 2.44. The van der Waals surface area contributed by atoms with Crippen LogP contribution in [0.1, 0.15) is 59.8 Å². The van der Waals surface area contributed by atoms with Gasteiger partial charge in [-0.05, 0) is 43.7 Å². The fourth-order valence-corrected chi connectivity index (χ4v) is 3.27. The van der Waals surface area contributed by atoms with E-state index in [1.165, 1.54) is 64.8 Å². The first-order chi connectivity index (χ1) is 8.69. The van der Waals surface area contributed by atoms with E-state index >= 15 is 0 Å². The SMILES string of the molecule is CCC(CC)CN(CC)CC1(CC)CCCNC1. The molecule has 0 aliphatic carbocycles. The molecule has 1 heterocycles. The average molecular weight is 254 g/mol. The first-order valence-electron chi connectivity index (χ1n) is 8.12. The second-order valence-corrected chi connectivity index (χ2v) is 6.14.